The number of benzene rings is 1. The van der Waals surface area contributed by atoms with Crippen molar-refractivity contribution in [2.24, 2.45) is 5.41 Å². The van der Waals surface area contributed by atoms with Gasteiger partial charge in [-0.25, -0.2) is 0 Å². The van der Waals surface area contributed by atoms with Gasteiger partial charge in [-0.2, -0.15) is 0 Å². The van der Waals surface area contributed by atoms with Gasteiger partial charge in [-0.05, 0) is 55.8 Å². The normalized spacial score (nSPS) is 11.7. The standard InChI is InChI=1S/C13H14O2S/c1-13(2,3)12(14)15-10-5-4-9-6-7-16-11(9)8-10/h4-8H,1-3H3. The number of thiophene rings is 1. The third kappa shape index (κ3) is 2.25. The summed E-state index contributed by atoms with van der Waals surface area (Å²) in [4.78, 5) is 11.7. The molecule has 3 heteroatoms. The smallest absolute Gasteiger partial charge is 0.316 e. The minimum Gasteiger partial charge on any atom is -0.426 e. The fourth-order valence-corrected chi connectivity index (χ4v) is 2.08. The number of carbonyl (C=O) groups excluding carboxylic acids is 1. The van der Waals surface area contributed by atoms with E-state index in [1.807, 2.05) is 44.4 Å². The molecular weight excluding hydrogens is 220 g/mol. The zero-order valence-corrected chi connectivity index (χ0v) is 10.4. The highest BCUT2D eigenvalue weighted by molar-refractivity contribution is 7.17. The Hall–Kier alpha value is -1.35. The zero-order chi connectivity index (χ0) is 11.8. The molecule has 0 fully saturated rings. The summed E-state index contributed by atoms with van der Waals surface area (Å²) in [5.41, 5.74) is -0.468. The maximum absolute atomic E-state index is 11.7. The number of fused-ring (bicyclic) bond motifs is 1. The van der Waals surface area contributed by atoms with Gasteiger partial charge in [-0.3, -0.25) is 4.79 Å². The van der Waals surface area contributed by atoms with Crippen LogP contribution in [0.4, 0.5) is 0 Å². The molecule has 0 atom stereocenters. The third-order valence-electron chi connectivity index (χ3n) is 2.25. The van der Waals surface area contributed by atoms with Crippen LogP contribution in [0, 0.1) is 5.41 Å². The van der Waals surface area contributed by atoms with E-state index in [0.717, 1.165) is 4.70 Å². The van der Waals surface area contributed by atoms with Crippen LogP contribution in [0.3, 0.4) is 0 Å². The first-order chi connectivity index (χ1) is 7.47. The van der Waals surface area contributed by atoms with E-state index in [1.54, 1.807) is 11.3 Å². The largest absolute Gasteiger partial charge is 0.426 e. The number of esters is 1. The van der Waals surface area contributed by atoms with Crippen molar-refractivity contribution in [2.45, 2.75) is 20.8 Å². The van der Waals surface area contributed by atoms with Crippen LogP contribution in [0.25, 0.3) is 10.1 Å². The van der Waals surface area contributed by atoms with E-state index < -0.39 is 5.41 Å². The van der Waals surface area contributed by atoms with Crippen LogP contribution >= 0.6 is 11.3 Å². The fourth-order valence-electron chi connectivity index (χ4n) is 1.26. The molecule has 0 N–H and O–H groups in total. The summed E-state index contributed by atoms with van der Waals surface area (Å²) >= 11 is 1.64. The van der Waals surface area contributed by atoms with E-state index in [1.165, 1.54) is 5.39 Å². The number of hydrogen-bond donors (Lipinski definition) is 0. The first kappa shape index (κ1) is 11.1. The molecule has 2 rings (SSSR count). The van der Waals surface area contributed by atoms with Gasteiger partial charge in [0, 0.05) is 4.70 Å². The molecule has 0 aliphatic carbocycles. The quantitative estimate of drug-likeness (QED) is 0.553. The van der Waals surface area contributed by atoms with Crippen molar-refractivity contribution >= 4 is 27.4 Å². The van der Waals surface area contributed by atoms with Crippen molar-refractivity contribution in [2.75, 3.05) is 0 Å². The Balaban J connectivity index is 2.24. The number of hydrogen-bond acceptors (Lipinski definition) is 3. The van der Waals surface area contributed by atoms with Crippen molar-refractivity contribution in [3.05, 3.63) is 29.6 Å². The molecule has 1 aromatic heterocycles. The van der Waals surface area contributed by atoms with Gasteiger partial charge in [-0.15, -0.1) is 11.3 Å². The van der Waals surface area contributed by atoms with Gasteiger partial charge in [-0.1, -0.05) is 0 Å². The number of ether oxygens (including phenoxy) is 1. The minimum atomic E-state index is -0.468. The van der Waals surface area contributed by atoms with E-state index in [9.17, 15) is 4.79 Å². The molecule has 0 radical (unpaired) electrons. The Kier molecular flexibility index (Phi) is 2.72. The van der Waals surface area contributed by atoms with Gasteiger partial charge in [0.15, 0.2) is 0 Å². The molecule has 0 amide bonds. The lowest BCUT2D eigenvalue weighted by Gasteiger charge is -2.16. The van der Waals surface area contributed by atoms with Crippen LogP contribution in [0.5, 0.6) is 5.75 Å². The second-order valence-electron chi connectivity index (χ2n) is 4.76. The first-order valence-electron chi connectivity index (χ1n) is 5.16. The van der Waals surface area contributed by atoms with Crippen LogP contribution in [-0.2, 0) is 4.79 Å². The zero-order valence-electron chi connectivity index (χ0n) is 9.61. The van der Waals surface area contributed by atoms with Crippen molar-refractivity contribution in [3.8, 4) is 5.75 Å². The Morgan fingerprint density at radius 1 is 1.25 bits per heavy atom. The highest BCUT2D eigenvalue weighted by Gasteiger charge is 2.23. The predicted molar refractivity (Wildman–Crippen MR) is 66.9 cm³/mol. The molecule has 0 saturated heterocycles. The van der Waals surface area contributed by atoms with Crippen LogP contribution in [-0.4, -0.2) is 5.97 Å². The maximum atomic E-state index is 11.7. The summed E-state index contributed by atoms with van der Waals surface area (Å²) in [6.45, 7) is 5.54. The van der Waals surface area contributed by atoms with Gasteiger partial charge in [0.05, 0.1) is 5.41 Å². The van der Waals surface area contributed by atoms with Crippen molar-refractivity contribution in [1.29, 1.82) is 0 Å². The molecule has 0 saturated carbocycles. The molecule has 1 heterocycles. The Morgan fingerprint density at radius 3 is 2.69 bits per heavy atom. The molecule has 84 valence electrons. The highest BCUT2D eigenvalue weighted by atomic mass is 32.1. The molecule has 0 unspecified atom stereocenters. The monoisotopic (exact) mass is 234 g/mol. The Morgan fingerprint density at radius 2 is 2.00 bits per heavy atom. The number of carbonyl (C=O) groups is 1. The molecule has 2 nitrogen and oxygen atoms in total. The van der Waals surface area contributed by atoms with Crippen LogP contribution in [0.1, 0.15) is 20.8 Å². The molecule has 0 spiro atoms. The minimum absolute atomic E-state index is 0.205. The predicted octanol–water partition coefficient (Wildman–Crippen LogP) is 3.85. The van der Waals surface area contributed by atoms with Crippen LogP contribution in [0.15, 0.2) is 29.6 Å². The lowest BCUT2D eigenvalue weighted by molar-refractivity contribution is -0.142. The average Bonchev–Trinajstić information content (AvgIpc) is 2.63. The second kappa shape index (κ2) is 3.91. The van der Waals surface area contributed by atoms with Gasteiger partial charge in [0.1, 0.15) is 5.75 Å². The Bertz CT molecular complexity index is 520. The molecule has 1 aromatic carbocycles. The maximum Gasteiger partial charge on any atom is 0.316 e. The van der Waals surface area contributed by atoms with Crippen LogP contribution < -0.4 is 4.74 Å². The van der Waals surface area contributed by atoms with E-state index in [4.69, 9.17) is 4.74 Å². The molecule has 0 aliphatic heterocycles. The molecule has 0 aliphatic rings. The van der Waals surface area contributed by atoms with Gasteiger partial charge < -0.3 is 4.74 Å². The van der Waals surface area contributed by atoms with Crippen molar-refractivity contribution in [1.82, 2.24) is 0 Å². The summed E-state index contributed by atoms with van der Waals surface area (Å²) in [6, 6.07) is 7.76. The highest BCUT2D eigenvalue weighted by Crippen LogP contribution is 2.27. The number of rotatable bonds is 1. The van der Waals surface area contributed by atoms with Gasteiger partial charge in [0.2, 0.25) is 0 Å². The fraction of sp³-hybridized carbons (Fsp3) is 0.308. The summed E-state index contributed by atoms with van der Waals surface area (Å²) in [5.74, 6) is 0.415. The molecule has 16 heavy (non-hydrogen) atoms. The molecule has 0 bridgehead atoms. The topological polar surface area (TPSA) is 26.3 Å². The Labute approximate surface area is 98.9 Å². The SMILES string of the molecule is CC(C)(C)C(=O)Oc1ccc2ccsc2c1. The lowest BCUT2D eigenvalue weighted by Crippen LogP contribution is -2.25. The van der Waals surface area contributed by atoms with Gasteiger partial charge >= 0.3 is 5.97 Å². The molecular formula is C13H14O2S. The van der Waals surface area contributed by atoms with E-state index in [-0.39, 0.29) is 5.97 Å². The second-order valence-corrected chi connectivity index (χ2v) is 5.71. The summed E-state index contributed by atoms with van der Waals surface area (Å²) < 4.78 is 6.46. The van der Waals surface area contributed by atoms with Gasteiger partial charge in [0.25, 0.3) is 0 Å². The summed E-state index contributed by atoms with van der Waals surface area (Å²) in [5, 5.41) is 3.21. The first-order valence-corrected chi connectivity index (χ1v) is 6.04. The molecule has 2 aromatic rings. The third-order valence-corrected chi connectivity index (χ3v) is 3.13. The lowest BCUT2D eigenvalue weighted by atomic mass is 9.97. The van der Waals surface area contributed by atoms with E-state index in [2.05, 4.69) is 6.07 Å². The van der Waals surface area contributed by atoms with Crippen LogP contribution in [0.2, 0.25) is 0 Å². The van der Waals surface area contributed by atoms with E-state index in [0.29, 0.717) is 5.75 Å². The average molecular weight is 234 g/mol. The van der Waals surface area contributed by atoms with E-state index >= 15 is 0 Å². The van der Waals surface area contributed by atoms with Crippen molar-refractivity contribution in [3.63, 3.8) is 0 Å². The summed E-state index contributed by atoms with van der Waals surface area (Å²) in [6.07, 6.45) is 0. The van der Waals surface area contributed by atoms with Crippen molar-refractivity contribution < 1.29 is 9.53 Å². The summed E-state index contributed by atoms with van der Waals surface area (Å²) in [7, 11) is 0.